The zero-order chi connectivity index (χ0) is 21.3. The van der Waals surface area contributed by atoms with Crippen LogP contribution in [0.3, 0.4) is 0 Å². The molecule has 0 unspecified atom stereocenters. The van der Waals surface area contributed by atoms with Crippen molar-refractivity contribution in [3.63, 3.8) is 0 Å². The fraction of sp³-hybridized carbons (Fsp3) is 0.300. The molecule has 0 aliphatic carbocycles. The fourth-order valence-electron chi connectivity index (χ4n) is 2.63. The van der Waals surface area contributed by atoms with Gasteiger partial charge in [0.15, 0.2) is 15.8 Å². The number of sulfone groups is 1. The van der Waals surface area contributed by atoms with Crippen molar-refractivity contribution in [2.24, 2.45) is 4.99 Å². The first kappa shape index (κ1) is 22.4. The molecule has 0 saturated carbocycles. The van der Waals surface area contributed by atoms with Crippen LogP contribution in [0, 0.1) is 5.82 Å². The first-order chi connectivity index (χ1) is 13.8. The number of rotatable bonds is 8. The molecule has 2 aromatic carbocycles. The molecule has 0 saturated heterocycles. The van der Waals surface area contributed by atoms with E-state index in [4.69, 9.17) is 0 Å². The van der Waals surface area contributed by atoms with Gasteiger partial charge in [-0.2, -0.15) is 0 Å². The predicted molar refractivity (Wildman–Crippen MR) is 112 cm³/mol. The SMILES string of the molecule is CN=C(NCCNC(=O)c1ccccc1)NCc1cc(F)ccc1CS(C)(=O)=O. The van der Waals surface area contributed by atoms with Gasteiger partial charge in [-0.05, 0) is 35.4 Å². The minimum atomic E-state index is -3.24. The van der Waals surface area contributed by atoms with E-state index < -0.39 is 15.7 Å². The number of halogens is 1. The summed E-state index contributed by atoms with van der Waals surface area (Å²) in [6.07, 6.45) is 1.14. The second-order valence-electron chi connectivity index (χ2n) is 6.46. The van der Waals surface area contributed by atoms with Gasteiger partial charge in [-0.25, -0.2) is 12.8 Å². The molecular weight excluding hydrogens is 395 g/mol. The third-order valence-electron chi connectivity index (χ3n) is 3.99. The standard InChI is InChI=1S/C20H25FN4O3S/c1-22-20(24-11-10-23-19(26)15-6-4-3-5-7-15)25-13-17-12-18(21)9-8-16(17)14-29(2,27)28/h3-9,12H,10-11,13-14H2,1-2H3,(H,23,26)(H2,22,24,25). The van der Waals surface area contributed by atoms with E-state index in [1.807, 2.05) is 6.07 Å². The quantitative estimate of drug-likeness (QED) is 0.341. The van der Waals surface area contributed by atoms with Gasteiger partial charge in [-0.3, -0.25) is 9.79 Å². The summed E-state index contributed by atoms with van der Waals surface area (Å²) in [5, 5.41) is 8.86. The lowest BCUT2D eigenvalue weighted by atomic mass is 10.1. The number of nitrogens with zero attached hydrogens (tertiary/aromatic N) is 1. The molecule has 0 aliphatic heterocycles. The Labute approximate surface area is 170 Å². The van der Waals surface area contributed by atoms with Crippen molar-refractivity contribution in [1.82, 2.24) is 16.0 Å². The van der Waals surface area contributed by atoms with Crippen LogP contribution in [0.15, 0.2) is 53.5 Å². The van der Waals surface area contributed by atoms with E-state index in [1.54, 1.807) is 31.3 Å². The maximum absolute atomic E-state index is 13.6. The average molecular weight is 421 g/mol. The maximum Gasteiger partial charge on any atom is 0.251 e. The van der Waals surface area contributed by atoms with E-state index in [1.165, 1.54) is 18.2 Å². The number of hydrogen-bond donors (Lipinski definition) is 3. The van der Waals surface area contributed by atoms with Crippen LogP contribution < -0.4 is 16.0 Å². The number of amides is 1. The van der Waals surface area contributed by atoms with Crippen molar-refractivity contribution < 1.29 is 17.6 Å². The number of hydrogen-bond acceptors (Lipinski definition) is 4. The molecule has 0 aromatic heterocycles. The molecule has 0 spiro atoms. The van der Waals surface area contributed by atoms with E-state index in [0.717, 1.165) is 6.26 Å². The highest BCUT2D eigenvalue weighted by Crippen LogP contribution is 2.14. The summed E-state index contributed by atoms with van der Waals surface area (Å²) >= 11 is 0. The largest absolute Gasteiger partial charge is 0.355 e. The first-order valence-corrected chi connectivity index (χ1v) is 11.1. The van der Waals surface area contributed by atoms with Crippen LogP contribution in [0.1, 0.15) is 21.5 Å². The van der Waals surface area contributed by atoms with Gasteiger partial charge in [-0.15, -0.1) is 0 Å². The number of aliphatic imine (C=N–C) groups is 1. The summed E-state index contributed by atoms with van der Waals surface area (Å²) in [5.41, 5.74) is 1.65. The Bertz CT molecular complexity index is 963. The van der Waals surface area contributed by atoms with Crippen LogP contribution in [0.4, 0.5) is 4.39 Å². The lowest BCUT2D eigenvalue weighted by molar-refractivity contribution is 0.0954. The summed E-state index contributed by atoms with van der Waals surface area (Å²) in [5.74, 6) is -0.318. The summed E-state index contributed by atoms with van der Waals surface area (Å²) in [6.45, 7) is 1.02. The van der Waals surface area contributed by atoms with Gasteiger partial charge in [0.1, 0.15) is 5.82 Å². The van der Waals surface area contributed by atoms with Crippen LogP contribution in [-0.4, -0.2) is 46.7 Å². The highest BCUT2D eigenvalue weighted by Gasteiger charge is 2.11. The van der Waals surface area contributed by atoms with Crippen molar-refractivity contribution in [2.75, 3.05) is 26.4 Å². The summed E-state index contributed by atoms with van der Waals surface area (Å²) in [4.78, 5) is 16.1. The number of nitrogens with one attached hydrogen (secondary N) is 3. The van der Waals surface area contributed by atoms with E-state index in [9.17, 15) is 17.6 Å². The lowest BCUT2D eigenvalue weighted by Crippen LogP contribution is -2.41. The number of carbonyl (C=O) groups excluding carboxylic acids is 1. The second-order valence-corrected chi connectivity index (χ2v) is 8.60. The molecule has 7 nitrogen and oxygen atoms in total. The molecule has 9 heteroatoms. The molecule has 0 fully saturated rings. The van der Waals surface area contributed by atoms with E-state index in [-0.39, 0.29) is 18.2 Å². The molecule has 29 heavy (non-hydrogen) atoms. The molecule has 0 radical (unpaired) electrons. The van der Waals surface area contributed by atoms with Gasteiger partial charge < -0.3 is 16.0 Å². The Hall–Kier alpha value is -2.94. The van der Waals surface area contributed by atoms with E-state index in [0.29, 0.717) is 35.7 Å². The third-order valence-corrected chi connectivity index (χ3v) is 4.83. The molecule has 2 aromatic rings. The zero-order valence-corrected chi connectivity index (χ0v) is 17.2. The van der Waals surface area contributed by atoms with Crippen molar-refractivity contribution in [2.45, 2.75) is 12.3 Å². The molecule has 0 heterocycles. The molecule has 0 bridgehead atoms. The molecule has 1 amide bonds. The molecule has 0 aliphatic rings. The van der Waals surface area contributed by atoms with Crippen LogP contribution in [-0.2, 0) is 22.1 Å². The van der Waals surface area contributed by atoms with Crippen molar-refractivity contribution in [3.8, 4) is 0 Å². The topological polar surface area (TPSA) is 99.7 Å². The number of carbonyl (C=O) groups is 1. The second kappa shape index (κ2) is 10.6. The van der Waals surface area contributed by atoms with Crippen LogP contribution in [0.5, 0.6) is 0 Å². The first-order valence-electron chi connectivity index (χ1n) is 9.01. The Morgan fingerprint density at radius 1 is 1.00 bits per heavy atom. The van der Waals surface area contributed by atoms with Gasteiger partial charge in [0, 0.05) is 38.5 Å². The van der Waals surface area contributed by atoms with Gasteiger partial charge in [0.05, 0.1) is 5.75 Å². The lowest BCUT2D eigenvalue weighted by Gasteiger charge is -2.14. The smallest absolute Gasteiger partial charge is 0.251 e. The minimum Gasteiger partial charge on any atom is -0.355 e. The highest BCUT2D eigenvalue weighted by molar-refractivity contribution is 7.89. The summed E-state index contributed by atoms with van der Waals surface area (Å²) in [6, 6.07) is 12.9. The Kier molecular flexibility index (Phi) is 8.14. The van der Waals surface area contributed by atoms with Gasteiger partial charge in [0.25, 0.3) is 5.91 Å². The van der Waals surface area contributed by atoms with E-state index in [2.05, 4.69) is 20.9 Å². The molecule has 156 valence electrons. The summed E-state index contributed by atoms with van der Waals surface area (Å²) < 4.78 is 36.7. The minimum absolute atomic E-state index is 0.165. The Morgan fingerprint density at radius 2 is 1.69 bits per heavy atom. The van der Waals surface area contributed by atoms with Gasteiger partial charge >= 0.3 is 0 Å². The normalized spacial score (nSPS) is 11.8. The van der Waals surface area contributed by atoms with Gasteiger partial charge in [-0.1, -0.05) is 24.3 Å². The van der Waals surface area contributed by atoms with Crippen molar-refractivity contribution in [3.05, 3.63) is 71.0 Å². The monoisotopic (exact) mass is 420 g/mol. The Balaban J connectivity index is 1.85. The fourth-order valence-corrected chi connectivity index (χ4v) is 3.48. The Morgan fingerprint density at radius 3 is 2.34 bits per heavy atom. The zero-order valence-electron chi connectivity index (χ0n) is 16.4. The number of guanidine groups is 1. The van der Waals surface area contributed by atoms with Crippen molar-refractivity contribution >= 4 is 21.7 Å². The highest BCUT2D eigenvalue weighted by atomic mass is 32.2. The van der Waals surface area contributed by atoms with Crippen LogP contribution in [0.25, 0.3) is 0 Å². The summed E-state index contributed by atoms with van der Waals surface area (Å²) in [7, 11) is -1.66. The van der Waals surface area contributed by atoms with E-state index >= 15 is 0 Å². The molecule has 2 rings (SSSR count). The van der Waals surface area contributed by atoms with Gasteiger partial charge in [0.2, 0.25) is 0 Å². The van der Waals surface area contributed by atoms with Crippen LogP contribution in [0.2, 0.25) is 0 Å². The predicted octanol–water partition coefficient (Wildman–Crippen LogP) is 1.47. The third kappa shape index (κ3) is 7.90. The number of benzene rings is 2. The molecular formula is C20H25FN4O3S. The maximum atomic E-state index is 13.6. The van der Waals surface area contributed by atoms with Crippen molar-refractivity contribution in [1.29, 1.82) is 0 Å². The van der Waals surface area contributed by atoms with Crippen LogP contribution >= 0.6 is 0 Å². The molecule has 0 atom stereocenters. The average Bonchev–Trinajstić information content (AvgIpc) is 2.68. The molecule has 3 N–H and O–H groups in total.